The first-order chi connectivity index (χ1) is 16.1. The standard InChI is InChI=1S/C24H23ClN6O2/c1-2-3-8-21-26-23(25)20(13-14-22(32)33)31(21)15-16-9-11-17(12-10-16)18-6-4-5-7-19(18)24-27-29-30-28-24/h4-7,9-14H,2-3,8,15H2,1H3,(H,32,33)(H,27,28,29,30)/p-1/b14-13+. The Bertz CT molecular complexity index is 1260. The molecule has 0 amide bonds. The third-order valence-corrected chi connectivity index (χ3v) is 5.57. The minimum atomic E-state index is -1.28. The smallest absolute Gasteiger partial charge is 0.205 e. The van der Waals surface area contributed by atoms with E-state index in [1.54, 1.807) is 0 Å². The zero-order chi connectivity index (χ0) is 23.2. The molecule has 2 heterocycles. The molecule has 9 heteroatoms. The van der Waals surface area contributed by atoms with Crippen molar-refractivity contribution < 1.29 is 9.90 Å². The lowest BCUT2D eigenvalue weighted by atomic mass is 9.98. The maximum atomic E-state index is 10.9. The van der Waals surface area contributed by atoms with Gasteiger partial charge in [-0.15, -0.1) is 10.2 Å². The number of carboxylic acids is 1. The normalized spacial score (nSPS) is 11.3. The molecule has 0 bridgehead atoms. The molecule has 0 radical (unpaired) electrons. The van der Waals surface area contributed by atoms with Gasteiger partial charge in [0.1, 0.15) is 5.82 Å². The first-order valence-electron chi connectivity index (χ1n) is 10.6. The lowest BCUT2D eigenvalue weighted by Gasteiger charge is -2.12. The highest BCUT2D eigenvalue weighted by Gasteiger charge is 2.15. The van der Waals surface area contributed by atoms with Crippen LogP contribution in [0, 0.1) is 0 Å². The molecule has 0 aliphatic heterocycles. The first-order valence-corrected chi connectivity index (χ1v) is 11.0. The van der Waals surface area contributed by atoms with Crippen LogP contribution in [-0.2, 0) is 17.8 Å². The number of unbranched alkanes of at least 4 members (excludes halogenated alkanes) is 1. The zero-order valence-corrected chi connectivity index (χ0v) is 18.8. The number of hydrogen-bond acceptors (Lipinski definition) is 6. The number of rotatable bonds is 9. The van der Waals surface area contributed by atoms with Gasteiger partial charge in [0.05, 0.1) is 11.7 Å². The van der Waals surface area contributed by atoms with Gasteiger partial charge in [0.25, 0.3) is 0 Å². The molecule has 2 aromatic heterocycles. The summed E-state index contributed by atoms with van der Waals surface area (Å²) in [5.41, 5.74) is 4.49. The van der Waals surface area contributed by atoms with Crippen LogP contribution in [0.3, 0.4) is 0 Å². The minimum Gasteiger partial charge on any atom is -0.545 e. The molecular formula is C24H22ClN6O2-. The van der Waals surface area contributed by atoms with E-state index in [1.807, 2.05) is 53.1 Å². The molecule has 168 valence electrons. The number of aryl methyl sites for hydroxylation is 1. The third-order valence-electron chi connectivity index (χ3n) is 5.29. The van der Waals surface area contributed by atoms with Crippen molar-refractivity contribution in [1.82, 2.24) is 30.2 Å². The summed E-state index contributed by atoms with van der Waals surface area (Å²) in [6.07, 6.45) is 5.15. The largest absolute Gasteiger partial charge is 0.545 e. The summed E-state index contributed by atoms with van der Waals surface area (Å²) < 4.78 is 1.96. The van der Waals surface area contributed by atoms with E-state index < -0.39 is 5.97 Å². The predicted molar refractivity (Wildman–Crippen MR) is 124 cm³/mol. The number of halogens is 1. The molecule has 0 unspecified atom stereocenters. The van der Waals surface area contributed by atoms with E-state index in [9.17, 15) is 9.90 Å². The molecule has 8 nitrogen and oxygen atoms in total. The average Bonchev–Trinajstić information content (AvgIpc) is 3.45. The van der Waals surface area contributed by atoms with E-state index in [4.69, 9.17) is 11.6 Å². The Hall–Kier alpha value is -3.78. The number of nitrogens with one attached hydrogen (secondary N) is 1. The Morgan fingerprint density at radius 3 is 2.58 bits per heavy atom. The molecule has 2 aromatic carbocycles. The average molecular weight is 462 g/mol. The number of imidazole rings is 1. The number of aromatic nitrogens is 6. The summed E-state index contributed by atoms with van der Waals surface area (Å²) in [5.74, 6) is 0.0811. The summed E-state index contributed by atoms with van der Waals surface area (Å²) >= 11 is 6.33. The fourth-order valence-electron chi connectivity index (χ4n) is 3.67. The van der Waals surface area contributed by atoms with Gasteiger partial charge in [0.15, 0.2) is 5.15 Å². The van der Waals surface area contributed by atoms with Gasteiger partial charge in [-0.1, -0.05) is 73.5 Å². The van der Waals surface area contributed by atoms with Gasteiger partial charge in [-0.05, 0) is 40.5 Å². The Morgan fingerprint density at radius 2 is 1.91 bits per heavy atom. The van der Waals surface area contributed by atoms with Crippen molar-refractivity contribution in [3.05, 3.63) is 76.8 Å². The van der Waals surface area contributed by atoms with Gasteiger partial charge in [0, 0.05) is 18.5 Å². The number of aromatic amines is 1. The van der Waals surface area contributed by atoms with Crippen LogP contribution in [0.2, 0.25) is 5.15 Å². The molecule has 0 aliphatic rings. The van der Waals surface area contributed by atoms with Gasteiger partial charge < -0.3 is 14.5 Å². The Morgan fingerprint density at radius 1 is 1.15 bits per heavy atom. The number of tetrazole rings is 1. The number of carbonyl (C=O) groups excluding carboxylic acids is 1. The predicted octanol–water partition coefficient (Wildman–Crippen LogP) is 3.54. The summed E-state index contributed by atoms with van der Waals surface area (Å²) in [6, 6.07) is 16.0. The summed E-state index contributed by atoms with van der Waals surface area (Å²) in [7, 11) is 0. The van der Waals surface area contributed by atoms with Crippen molar-refractivity contribution in [2.75, 3.05) is 0 Å². The van der Waals surface area contributed by atoms with Crippen LogP contribution in [0.1, 0.15) is 36.8 Å². The van der Waals surface area contributed by atoms with Gasteiger partial charge in [-0.3, -0.25) is 0 Å². The number of hydrogen-bond donors (Lipinski definition) is 1. The quantitative estimate of drug-likeness (QED) is 0.381. The van der Waals surface area contributed by atoms with Gasteiger partial charge in [-0.25, -0.2) is 4.98 Å². The van der Waals surface area contributed by atoms with Crippen LogP contribution in [0.25, 0.3) is 28.6 Å². The van der Waals surface area contributed by atoms with Crippen LogP contribution < -0.4 is 5.11 Å². The topological polar surface area (TPSA) is 112 Å². The van der Waals surface area contributed by atoms with Crippen molar-refractivity contribution in [3.8, 4) is 22.5 Å². The second-order valence-electron chi connectivity index (χ2n) is 7.52. The molecule has 0 aliphatic carbocycles. The maximum Gasteiger partial charge on any atom is 0.205 e. The first kappa shape index (κ1) is 22.4. The fourth-order valence-corrected chi connectivity index (χ4v) is 3.93. The Labute approximate surface area is 196 Å². The van der Waals surface area contributed by atoms with Crippen LogP contribution >= 0.6 is 11.6 Å². The van der Waals surface area contributed by atoms with Crippen LogP contribution in [0.4, 0.5) is 0 Å². The number of benzene rings is 2. The van der Waals surface area contributed by atoms with Crippen molar-refractivity contribution in [1.29, 1.82) is 0 Å². The molecule has 4 rings (SSSR count). The minimum absolute atomic E-state index is 0.282. The van der Waals surface area contributed by atoms with E-state index in [-0.39, 0.29) is 5.15 Å². The second kappa shape index (κ2) is 10.2. The SMILES string of the molecule is CCCCc1nc(Cl)c(/C=C/C(=O)[O-])n1Cc1ccc(-c2ccccc2-c2nn[nH]n2)cc1. The highest BCUT2D eigenvalue weighted by Crippen LogP contribution is 2.30. The van der Waals surface area contributed by atoms with E-state index in [0.29, 0.717) is 18.1 Å². The molecule has 0 saturated heterocycles. The van der Waals surface area contributed by atoms with E-state index in [2.05, 4.69) is 32.5 Å². The molecule has 0 atom stereocenters. The number of nitrogens with zero attached hydrogens (tertiary/aromatic N) is 5. The highest BCUT2D eigenvalue weighted by atomic mass is 35.5. The maximum absolute atomic E-state index is 10.9. The van der Waals surface area contributed by atoms with Crippen LogP contribution in [0.5, 0.6) is 0 Å². The summed E-state index contributed by atoms with van der Waals surface area (Å²) in [4.78, 5) is 15.4. The highest BCUT2D eigenvalue weighted by molar-refractivity contribution is 6.30. The third kappa shape index (κ3) is 5.18. The van der Waals surface area contributed by atoms with Crippen molar-refractivity contribution in [3.63, 3.8) is 0 Å². The van der Waals surface area contributed by atoms with Crippen LogP contribution in [-0.4, -0.2) is 36.1 Å². The van der Waals surface area contributed by atoms with E-state index in [1.165, 1.54) is 6.08 Å². The molecule has 1 N–H and O–H groups in total. The fraction of sp³-hybridized carbons (Fsp3) is 0.208. The second-order valence-corrected chi connectivity index (χ2v) is 7.88. The monoisotopic (exact) mass is 461 g/mol. The van der Waals surface area contributed by atoms with Crippen molar-refractivity contribution >= 4 is 23.6 Å². The Balaban J connectivity index is 1.65. The van der Waals surface area contributed by atoms with Gasteiger partial charge in [0.2, 0.25) is 5.82 Å². The van der Waals surface area contributed by atoms with Crippen molar-refractivity contribution in [2.45, 2.75) is 32.7 Å². The molecular weight excluding hydrogens is 440 g/mol. The van der Waals surface area contributed by atoms with Gasteiger partial charge in [-0.2, -0.15) is 5.21 Å². The lowest BCUT2D eigenvalue weighted by Crippen LogP contribution is -2.18. The molecule has 0 spiro atoms. The zero-order valence-electron chi connectivity index (χ0n) is 18.0. The Kier molecular flexibility index (Phi) is 6.95. The lowest BCUT2D eigenvalue weighted by molar-refractivity contribution is -0.297. The number of H-pyrrole nitrogens is 1. The molecule has 33 heavy (non-hydrogen) atoms. The number of carboxylic acid groups (broad SMARTS) is 1. The van der Waals surface area contributed by atoms with E-state index >= 15 is 0 Å². The number of carbonyl (C=O) groups is 1. The molecule has 0 saturated carbocycles. The molecule has 4 aromatic rings. The number of aliphatic carboxylic acids is 1. The van der Waals surface area contributed by atoms with Crippen molar-refractivity contribution in [2.24, 2.45) is 0 Å². The van der Waals surface area contributed by atoms with Gasteiger partial charge >= 0.3 is 0 Å². The molecule has 0 fully saturated rings. The van der Waals surface area contributed by atoms with E-state index in [0.717, 1.165) is 53.4 Å². The summed E-state index contributed by atoms with van der Waals surface area (Å²) in [6.45, 7) is 2.62. The summed E-state index contributed by atoms with van der Waals surface area (Å²) in [5, 5.41) is 25.6. The van der Waals surface area contributed by atoms with Crippen LogP contribution in [0.15, 0.2) is 54.6 Å².